The summed E-state index contributed by atoms with van der Waals surface area (Å²) in [5, 5.41) is 4.69. The molecule has 1 aliphatic carbocycles. The van der Waals surface area contributed by atoms with E-state index in [-0.39, 0.29) is 5.54 Å². The first-order chi connectivity index (χ1) is 7.56. The largest absolute Gasteiger partial charge is 0.399 e. The minimum atomic E-state index is 0.184. The second-order valence-electron chi connectivity index (χ2n) is 4.47. The Kier molecular flexibility index (Phi) is 3.22. The predicted molar refractivity (Wildman–Crippen MR) is 71.4 cm³/mol. The molecule has 2 nitrogen and oxygen atoms in total. The summed E-state index contributed by atoms with van der Waals surface area (Å²) in [6.07, 6.45) is 4.72. The van der Waals surface area contributed by atoms with Gasteiger partial charge in [-0.25, -0.2) is 0 Å². The van der Waals surface area contributed by atoms with E-state index < -0.39 is 0 Å². The fourth-order valence-corrected chi connectivity index (χ4v) is 2.75. The van der Waals surface area contributed by atoms with Crippen molar-refractivity contribution in [1.82, 2.24) is 0 Å². The highest BCUT2D eigenvalue weighted by molar-refractivity contribution is 6.39. The third-order valence-corrected chi connectivity index (χ3v) is 4.04. The smallest absolute Gasteiger partial charge is 0.0724 e. The summed E-state index contributed by atoms with van der Waals surface area (Å²) in [6, 6.07) is 3.47. The third-order valence-electron chi connectivity index (χ3n) is 3.44. The normalized spacial score (nSPS) is 17.9. The summed E-state index contributed by atoms with van der Waals surface area (Å²) in [5.74, 6) is 0. The van der Waals surface area contributed by atoms with E-state index in [2.05, 4.69) is 12.2 Å². The Morgan fingerprint density at radius 1 is 1.31 bits per heavy atom. The van der Waals surface area contributed by atoms with Crippen LogP contribution in [-0.2, 0) is 0 Å². The molecule has 0 aliphatic heterocycles. The first-order valence-corrected chi connectivity index (χ1v) is 6.35. The molecule has 1 saturated carbocycles. The second kappa shape index (κ2) is 4.34. The lowest BCUT2D eigenvalue weighted by Gasteiger charge is -2.43. The van der Waals surface area contributed by atoms with Crippen molar-refractivity contribution >= 4 is 34.6 Å². The lowest BCUT2D eigenvalue weighted by Crippen LogP contribution is -2.44. The first-order valence-electron chi connectivity index (χ1n) is 5.59. The maximum atomic E-state index is 6.15. The van der Waals surface area contributed by atoms with E-state index in [4.69, 9.17) is 28.9 Å². The molecule has 0 heterocycles. The Labute approximate surface area is 106 Å². The number of benzene rings is 1. The molecular formula is C12H16Cl2N2. The van der Waals surface area contributed by atoms with Crippen molar-refractivity contribution < 1.29 is 0 Å². The van der Waals surface area contributed by atoms with Crippen molar-refractivity contribution in [3.63, 3.8) is 0 Å². The number of rotatable bonds is 3. The fraction of sp³-hybridized carbons (Fsp3) is 0.500. The monoisotopic (exact) mass is 258 g/mol. The third kappa shape index (κ3) is 2.09. The number of halogens is 2. The van der Waals surface area contributed by atoms with Crippen LogP contribution in [0.3, 0.4) is 0 Å². The minimum Gasteiger partial charge on any atom is -0.399 e. The van der Waals surface area contributed by atoms with Crippen LogP contribution in [0.1, 0.15) is 32.6 Å². The summed E-state index contributed by atoms with van der Waals surface area (Å²) in [6.45, 7) is 2.19. The van der Waals surface area contributed by atoms with E-state index in [1.54, 1.807) is 12.1 Å². The van der Waals surface area contributed by atoms with Crippen molar-refractivity contribution in [1.29, 1.82) is 0 Å². The average molecular weight is 259 g/mol. The van der Waals surface area contributed by atoms with E-state index in [1.807, 2.05) is 0 Å². The molecule has 4 heteroatoms. The SMILES string of the molecule is CCC1(Nc2c(Cl)cc(N)cc2Cl)CCC1. The van der Waals surface area contributed by atoms with Gasteiger partial charge in [-0.3, -0.25) is 0 Å². The highest BCUT2D eigenvalue weighted by atomic mass is 35.5. The Balaban J connectivity index is 2.27. The fourth-order valence-electron chi connectivity index (χ4n) is 2.15. The molecule has 0 radical (unpaired) electrons. The maximum absolute atomic E-state index is 6.15. The number of nitrogens with two attached hydrogens (primary N) is 1. The van der Waals surface area contributed by atoms with Gasteiger partial charge in [0.15, 0.2) is 0 Å². The molecule has 88 valence electrons. The Morgan fingerprint density at radius 3 is 2.25 bits per heavy atom. The summed E-state index contributed by atoms with van der Waals surface area (Å²) in [5.41, 5.74) is 7.27. The standard InChI is InChI=1S/C12H16Cl2N2/c1-2-12(4-3-5-12)16-11-9(13)6-8(15)7-10(11)14/h6-7,16H,2-5,15H2,1H3. The number of hydrogen-bond donors (Lipinski definition) is 2. The number of nitrogens with one attached hydrogen (secondary N) is 1. The molecule has 0 atom stereocenters. The van der Waals surface area contributed by atoms with Crippen molar-refractivity contribution in [3.8, 4) is 0 Å². The van der Waals surface area contributed by atoms with Gasteiger partial charge in [0, 0.05) is 11.2 Å². The molecular weight excluding hydrogens is 243 g/mol. The molecule has 0 bridgehead atoms. The van der Waals surface area contributed by atoms with Gasteiger partial charge in [0.2, 0.25) is 0 Å². The van der Waals surface area contributed by atoms with Crippen LogP contribution in [0.5, 0.6) is 0 Å². The second-order valence-corrected chi connectivity index (χ2v) is 5.29. The van der Waals surface area contributed by atoms with Crippen LogP contribution < -0.4 is 11.1 Å². The molecule has 0 aromatic heterocycles. The van der Waals surface area contributed by atoms with E-state index in [9.17, 15) is 0 Å². The zero-order valence-corrected chi connectivity index (χ0v) is 10.8. The molecule has 0 unspecified atom stereocenters. The summed E-state index contributed by atoms with van der Waals surface area (Å²) in [4.78, 5) is 0. The summed E-state index contributed by atoms with van der Waals surface area (Å²) < 4.78 is 0. The quantitative estimate of drug-likeness (QED) is 0.793. The van der Waals surface area contributed by atoms with E-state index in [0.29, 0.717) is 15.7 Å². The van der Waals surface area contributed by atoms with Crippen LogP contribution in [0, 0.1) is 0 Å². The molecule has 1 fully saturated rings. The highest BCUT2D eigenvalue weighted by Gasteiger charge is 2.35. The molecule has 16 heavy (non-hydrogen) atoms. The lowest BCUT2D eigenvalue weighted by atomic mass is 9.74. The van der Waals surface area contributed by atoms with Crippen molar-refractivity contribution in [2.45, 2.75) is 38.1 Å². The molecule has 0 saturated heterocycles. The van der Waals surface area contributed by atoms with Gasteiger partial charge >= 0.3 is 0 Å². The summed E-state index contributed by atoms with van der Waals surface area (Å²) in [7, 11) is 0. The van der Waals surface area contributed by atoms with Crippen LogP contribution >= 0.6 is 23.2 Å². The Morgan fingerprint density at radius 2 is 1.88 bits per heavy atom. The molecule has 1 aromatic rings. The predicted octanol–water partition coefficient (Wildman–Crippen LogP) is 4.32. The van der Waals surface area contributed by atoms with Gasteiger partial charge in [0.25, 0.3) is 0 Å². The van der Waals surface area contributed by atoms with Gasteiger partial charge in [-0.2, -0.15) is 0 Å². The van der Waals surface area contributed by atoms with Crippen LogP contribution in [0.4, 0.5) is 11.4 Å². The average Bonchev–Trinajstić information content (AvgIpc) is 2.14. The van der Waals surface area contributed by atoms with Crippen LogP contribution in [-0.4, -0.2) is 5.54 Å². The number of nitrogen functional groups attached to an aromatic ring is 1. The van der Waals surface area contributed by atoms with Gasteiger partial charge in [-0.15, -0.1) is 0 Å². The van der Waals surface area contributed by atoms with E-state index >= 15 is 0 Å². The zero-order valence-electron chi connectivity index (χ0n) is 9.32. The molecule has 1 aromatic carbocycles. The highest BCUT2D eigenvalue weighted by Crippen LogP contribution is 2.42. The molecule has 0 spiro atoms. The molecule has 3 N–H and O–H groups in total. The lowest BCUT2D eigenvalue weighted by molar-refractivity contribution is 0.269. The molecule has 2 rings (SSSR count). The van der Waals surface area contributed by atoms with Crippen molar-refractivity contribution in [3.05, 3.63) is 22.2 Å². The van der Waals surface area contributed by atoms with Gasteiger partial charge in [-0.1, -0.05) is 30.1 Å². The van der Waals surface area contributed by atoms with Crippen molar-refractivity contribution in [2.75, 3.05) is 11.1 Å². The maximum Gasteiger partial charge on any atom is 0.0724 e. The molecule has 1 aliphatic rings. The van der Waals surface area contributed by atoms with E-state index in [1.165, 1.54) is 19.3 Å². The van der Waals surface area contributed by atoms with Gasteiger partial charge in [-0.05, 0) is 37.8 Å². The zero-order chi connectivity index (χ0) is 11.8. The van der Waals surface area contributed by atoms with Crippen molar-refractivity contribution in [2.24, 2.45) is 0 Å². The number of anilines is 2. The van der Waals surface area contributed by atoms with Gasteiger partial charge in [0.1, 0.15) is 0 Å². The van der Waals surface area contributed by atoms with Crippen LogP contribution in [0.2, 0.25) is 10.0 Å². The van der Waals surface area contributed by atoms with Crippen LogP contribution in [0.25, 0.3) is 0 Å². The minimum absolute atomic E-state index is 0.184. The summed E-state index contributed by atoms with van der Waals surface area (Å²) >= 11 is 12.3. The van der Waals surface area contributed by atoms with Gasteiger partial charge in [0.05, 0.1) is 15.7 Å². The van der Waals surface area contributed by atoms with Gasteiger partial charge < -0.3 is 11.1 Å². The van der Waals surface area contributed by atoms with Crippen LogP contribution in [0.15, 0.2) is 12.1 Å². The Bertz CT molecular complexity index is 371. The Hall–Kier alpha value is -0.600. The first kappa shape index (κ1) is 11.9. The topological polar surface area (TPSA) is 38.0 Å². The van der Waals surface area contributed by atoms with E-state index in [0.717, 1.165) is 12.1 Å². The number of hydrogen-bond acceptors (Lipinski definition) is 2. The molecule has 0 amide bonds.